The molecule has 0 fully saturated rings. The summed E-state index contributed by atoms with van der Waals surface area (Å²) in [5, 5.41) is 19.5. The highest BCUT2D eigenvalue weighted by molar-refractivity contribution is 5.95. The number of aryl methyl sites for hydroxylation is 1. The number of fused-ring (bicyclic) bond motifs is 1. The van der Waals surface area contributed by atoms with Crippen LogP contribution in [0.2, 0.25) is 0 Å². The number of hydrogen-bond acceptors (Lipinski definition) is 6. The first-order valence-corrected chi connectivity index (χ1v) is 12.9. The highest BCUT2D eigenvalue weighted by atomic mass is 16.5. The van der Waals surface area contributed by atoms with Crippen molar-refractivity contribution >= 4 is 22.5 Å². The molecule has 0 saturated heterocycles. The molecule has 1 amide bonds. The van der Waals surface area contributed by atoms with Crippen molar-refractivity contribution in [3.63, 3.8) is 0 Å². The van der Waals surface area contributed by atoms with Gasteiger partial charge in [-0.05, 0) is 54.7 Å². The van der Waals surface area contributed by atoms with Gasteiger partial charge in [0.05, 0.1) is 19.2 Å². The number of allylic oxidation sites excluding steroid dienone is 3. The van der Waals surface area contributed by atoms with Crippen LogP contribution in [0.4, 0.5) is 5.69 Å². The van der Waals surface area contributed by atoms with E-state index >= 15 is 0 Å². The fraction of sp³-hybridized carbons (Fsp3) is 0.323. The van der Waals surface area contributed by atoms with Crippen LogP contribution < -0.4 is 4.74 Å². The summed E-state index contributed by atoms with van der Waals surface area (Å²) >= 11 is 0. The zero-order valence-electron chi connectivity index (χ0n) is 23.3. The van der Waals surface area contributed by atoms with Gasteiger partial charge in [-0.2, -0.15) is 0 Å². The molecule has 1 aromatic heterocycles. The predicted molar refractivity (Wildman–Crippen MR) is 153 cm³/mol. The highest BCUT2D eigenvalue weighted by Crippen LogP contribution is 2.39. The molecule has 1 heterocycles. The van der Waals surface area contributed by atoms with Crippen molar-refractivity contribution in [1.29, 1.82) is 0 Å². The minimum atomic E-state index is -0.555. The number of methoxy groups -OCH3 is 1. The molecule has 0 aliphatic rings. The summed E-state index contributed by atoms with van der Waals surface area (Å²) in [6.45, 7) is 12.7. The molecule has 2 aromatic carbocycles. The van der Waals surface area contributed by atoms with E-state index in [0.29, 0.717) is 42.2 Å². The summed E-state index contributed by atoms with van der Waals surface area (Å²) in [4.78, 5) is 12.4. The number of ether oxygens (including phenoxy) is 3. The second-order valence-corrected chi connectivity index (χ2v) is 9.76. The quantitative estimate of drug-likeness (QED) is 0.150. The van der Waals surface area contributed by atoms with Gasteiger partial charge in [0, 0.05) is 11.9 Å². The van der Waals surface area contributed by atoms with E-state index in [0.717, 1.165) is 5.52 Å². The molecule has 3 rings (SSSR count). The molecule has 0 atom stereocenters. The van der Waals surface area contributed by atoms with Gasteiger partial charge in [0.25, 0.3) is 0 Å². The van der Waals surface area contributed by atoms with Crippen LogP contribution in [0.1, 0.15) is 39.7 Å². The number of para-hydroxylation sites is 1. The summed E-state index contributed by atoms with van der Waals surface area (Å²) in [7, 11) is 1.56. The second-order valence-electron chi connectivity index (χ2n) is 9.76. The molecular formula is C31H37N3O5. The van der Waals surface area contributed by atoms with E-state index in [1.54, 1.807) is 17.8 Å². The molecule has 206 valence electrons. The maximum atomic E-state index is 12.4. The van der Waals surface area contributed by atoms with Crippen LogP contribution in [0.15, 0.2) is 95.1 Å². The van der Waals surface area contributed by atoms with Crippen LogP contribution in [-0.2, 0) is 26.2 Å². The van der Waals surface area contributed by atoms with Crippen LogP contribution >= 0.6 is 0 Å². The van der Waals surface area contributed by atoms with Crippen molar-refractivity contribution in [3.8, 4) is 11.6 Å². The summed E-state index contributed by atoms with van der Waals surface area (Å²) in [5.41, 5.74) is 2.22. The first-order chi connectivity index (χ1) is 18.7. The zero-order valence-corrected chi connectivity index (χ0v) is 23.3. The minimum Gasteiger partial charge on any atom is -0.493 e. The fourth-order valence-electron chi connectivity index (χ4n) is 3.96. The van der Waals surface area contributed by atoms with Gasteiger partial charge in [-0.15, -0.1) is 10.2 Å². The second kappa shape index (κ2) is 13.5. The maximum Gasteiger partial charge on any atom is 0.302 e. The third-order valence-electron chi connectivity index (χ3n) is 6.00. The zero-order chi connectivity index (χ0) is 28.4. The van der Waals surface area contributed by atoms with E-state index in [1.807, 2.05) is 67.6 Å². The van der Waals surface area contributed by atoms with Crippen molar-refractivity contribution < 1.29 is 24.1 Å². The summed E-state index contributed by atoms with van der Waals surface area (Å²) in [5.74, 6) is 1.08. The number of rotatable bonds is 12. The van der Waals surface area contributed by atoms with Crippen LogP contribution in [0.25, 0.3) is 10.9 Å². The number of carbonyl (C=O) groups excluding carboxylic acids is 1. The molecule has 0 bridgehead atoms. The standard InChI is InChI=1S/C31H37N3O5/c1-7-26(37-6)27(38-8-2)15-11-12-20-34-25-14-10-9-13-24(25)29(30(34)36)33-32-28(35)21-39-23-18-16-22(17-19-23)31(3,4)5/h7,9-11,13-19,36H,1,8,12,20-21H2,2-6H3/b15-11-,27-26-,33-32?. The number of nitrogens with zero attached hydrogens (tertiary/aromatic N) is 3. The summed E-state index contributed by atoms with van der Waals surface area (Å²) in [6, 6.07) is 15.1. The molecule has 0 aliphatic carbocycles. The number of aromatic nitrogens is 1. The molecule has 1 N–H and O–H groups in total. The van der Waals surface area contributed by atoms with Crippen molar-refractivity contribution in [2.45, 2.75) is 46.1 Å². The lowest BCUT2D eigenvalue weighted by Crippen LogP contribution is -2.11. The van der Waals surface area contributed by atoms with E-state index in [-0.39, 0.29) is 23.6 Å². The Balaban J connectivity index is 1.71. The van der Waals surface area contributed by atoms with E-state index in [4.69, 9.17) is 14.2 Å². The van der Waals surface area contributed by atoms with E-state index in [9.17, 15) is 9.90 Å². The summed E-state index contributed by atoms with van der Waals surface area (Å²) < 4.78 is 18.2. The predicted octanol–water partition coefficient (Wildman–Crippen LogP) is 7.36. The number of hydrogen-bond donors (Lipinski definition) is 1. The Morgan fingerprint density at radius 2 is 1.82 bits per heavy atom. The number of azo groups is 1. The highest BCUT2D eigenvalue weighted by Gasteiger charge is 2.17. The van der Waals surface area contributed by atoms with Crippen molar-refractivity contribution in [3.05, 3.63) is 90.4 Å². The Hall–Kier alpha value is -4.33. The Morgan fingerprint density at radius 1 is 1.10 bits per heavy atom. The lowest BCUT2D eigenvalue weighted by atomic mass is 9.87. The van der Waals surface area contributed by atoms with Crippen LogP contribution in [-0.4, -0.2) is 35.9 Å². The van der Waals surface area contributed by atoms with Gasteiger partial charge in [-0.1, -0.05) is 63.8 Å². The lowest BCUT2D eigenvalue weighted by molar-refractivity contribution is -0.120. The van der Waals surface area contributed by atoms with Gasteiger partial charge < -0.3 is 23.9 Å². The molecular weight excluding hydrogens is 494 g/mol. The van der Waals surface area contributed by atoms with Crippen molar-refractivity contribution in [2.24, 2.45) is 10.2 Å². The number of aromatic hydroxyl groups is 1. The molecule has 8 heteroatoms. The largest absolute Gasteiger partial charge is 0.493 e. The first-order valence-electron chi connectivity index (χ1n) is 12.9. The normalized spacial score (nSPS) is 12.6. The molecule has 0 saturated carbocycles. The Kier molecular flexibility index (Phi) is 10.1. The Morgan fingerprint density at radius 3 is 2.46 bits per heavy atom. The molecule has 8 nitrogen and oxygen atoms in total. The van der Waals surface area contributed by atoms with E-state index in [2.05, 4.69) is 37.6 Å². The third-order valence-corrected chi connectivity index (χ3v) is 6.00. The average molecular weight is 532 g/mol. The van der Waals surface area contributed by atoms with Crippen LogP contribution in [0, 0.1) is 0 Å². The van der Waals surface area contributed by atoms with E-state index < -0.39 is 5.91 Å². The molecule has 0 aliphatic heterocycles. The van der Waals surface area contributed by atoms with Crippen LogP contribution in [0.5, 0.6) is 11.6 Å². The van der Waals surface area contributed by atoms with E-state index in [1.165, 1.54) is 5.56 Å². The first kappa shape index (κ1) is 29.2. The van der Waals surface area contributed by atoms with Gasteiger partial charge in [-0.3, -0.25) is 4.79 Å². The van der Waals surface area contributed by atoms with Gasteiger partial charge in [0.15, 0.2) is 23.8 Å². The molecule has 0 spiro atoms. The summed E-state index contributed by atoms with van der Waals surface area (Å²) in [6.07, 6.45) is 5.93. The minimum absolute atomic E-state index is 0.0303. The Labute approximate surface area is 229 Å². The number of benzene rings is 2. The van der Waals surface area contributed by atoms with Crippen molar-refractivity contribution in [2.75, 3.05) is 20.3 Å². The number of carbonyl (C=O) groups is 1. The SMILES string of the molecule is C=C/C(OC)=C(\C=C/CCn1c(O)c(N=NC(=O)COc2ccc(C(C)(C)C)cc2)c2ccccc21)OCC. The van der Waals surface area contributed by atoms with Gasteiger partial charge >= 0.3 is 5.91 Å². The van der Waals surface area contributed by atoms with Gasteiger partial charge in [0.2, 0.25) is 5.88 Å². The molecule has 0 radical (unpaired) electrons. The topological polar surface area (TPSA) is 94.6 Å². The monoisotopic (exact) mass is 531 g/mol. The third kappa shape index (κ3) is 7.60. The van der Waals surface area contributed by atoms with Crippen LogP contribution in [0.3, 0.4) is 0 Å². The smallest absolute Gasteiger partial charge is 0.302 e. The lowest BCUT2D eigenvalue weighted by Gasteiger charge is -2.19. The average Bonchev–Trinajstić information content (AvgIpc) is 3.19. The maximum absolute atomic E-state index is 12.4. The Bertz CT molecular complexity index is 1380. The molecule has 39 heavy (non-hydrogen) atoms. The fourth-order valence-corrected chi connectivity index (χ4v) is 3.96. The number of amides is 1. The molecule has 0 unspecified atom stereocenters. The van der Waals surface area contributed by atoms with Gasteiger partial charge in [-0.25, -0.2) is 0 Å². The molecule has 3 aromatic rings. The van der Waals surface area contributed by atoms with Gasteiger partial charge in [0.1, 0.15) is 5.75 Å². The van der Waals surface area contributed by atoms with Crippen molar-refractivity contribution in [1.82, 2.24) is 4.57 Å².